The summed E-state index contributed by atoms with van der Waals surface area (Å²) in [6, 6.07) is -0.986. The van der Waals surface area contributed by atoms with Gasteiger partial charge in [0, 0.05) is 19.5 Å². The van der Waals surface area contributed by atoms with E-state index >= 15 is 0 Å². The van der Waals surface area contributed by atoms with Crippen LogP contribution in [0.25, 0.3) is 0 Å². The first-order valence-corrected chi connectivity index (χ1v) is 5.80. The highest BCUT2D eigenvalue weighted by Gasteiger charge is 2.38. The van der Waals surface area contributed by atoms with Gasteiger partial charge in [0.1, 0.15) is 12.6 Å². The van der Waals surface area contributed by atoms with E-state index in [1.165, 1.54) is 10.9 Å². The molecule has 0 radical (unpaired) electrons. The smallest absolute Gasteiger partial charge is 0.326 e. The Morgan fingerprint density at radius 3 is 2.84 bits per heavy atom. The van der Waals surface area contributed by atoms with Crippen molar-refractivity contribution in [1.29, 1.82) is 0 Å². The fourth-order valence-corrected chi connectivity index (χ4v) is 2.06. The zero-order valence-electron chi connectivity index (χ0n) is 10.1. The minimum atomic E-state index is -1.12. The molecule has 1 aromatic heterocycles. The molecule has 1 aromatic rings. The Kier molecular flexibility index (Phi) is 3.76. The van der Waals surface area contributed by atoms with Crippen LogP contribution in [0.2, 0.25) is 0 Å². The first-order valence-electron chi connectivity index (χ1n) is 5.80. The largest absolute Gasteiger partial charge is 0.480 e. The fraction of sp³-hybridized carbons (Fsp3) is 0.600. The Morgan fingerprint density at radius 1 is 1.53 bits per heavy atom. The molecule has 0 bridgehead atoms. The molecule has 1 aliphatic rings. The molecule has 0 spiro atoms. The van der Waals surface area contributed by atoms with Crippen molar-refractivity contribution in [3.63, 3.8) is 0 Å². The number of aliphatic hydroxyl groups is 1. The van der Waals surface area contributed by atoms with Crippen LogP contribution in [0, 0.1) is 0 Å². The van der Waals surface area contributed by atoms with Gasteiger partial charge in [-0.3, -0.25) is 4.79 Å². The van der Waals surface area contributed by atoms with Crippen LogP contribution < -0.4 is 5.73 Å². The summed E-state index contributed by atoms with van der Waals surface area (Å²) in [7, 11) is 0. The average Bonchev–Trinajstić information content (AvgIpc) is 2.95. The van der Waals surface area contributed by atoms with Gasteiger partial charge >= 0.3 is 5.97 Å². The maximum absolute atomic E-state index is 12.0. The van der Waals surface area contributed by atoms with Gasteiger partial charge in [0.2, 0.25) is 5.91 Å². The van der Waals surface area contributed by atoms with Crippen molar-refractivity contribution < 1.29 is 19.8 Å². The van der Waals surface area contributed by atoms with Crippen molar-refractivity contribution in [3.05, 3.63) is 11.9 Å². The van der Waals surface area contributed by atoms with Crippen LogP contribution in [0.4, 0.5) is 0 Å². The Labute approximate surface area is 108 Å². The fourth-order valence-electron chi connectivity index (χ4n) is 2.06. The number of aliphatic carboxylic acids is 1. The zero-order chi connectivity index (χ0) is 14.0. The van der Waals surface area contributed by atoms with Crippen molar-refractivity contribution in [2.75, 3.05) is 6.54 Å². The number of carboxylic acid groups (broad SMARTS) is 1. The second-order valence-electron chi connectivity index (χ2n) is 4.40. The van der Waals surface area contributed by atoms with E-state index in [2.05, 4.69) is 10.3 Å². The molecule has 0 unspecified atom stereocenters. The number of carboxylic acids is 1. The number of carbonyl (C=O) groups is 2. The number of nitrogens with zero attached hydrogens (tertiary/aromatic N) is 4. The second-order valence-corrected chi connectivity index (χ2v) is 4.40. The number of nitrogens with two attached hydrogens (primary N) is 1. The molecular formula is C10H15N5O4. The number of rotatable bonds is 4. The summed E-state index contributed by atoms with van der Waals surface area (Å²) >= 11 is 0. The molecule has 1 amide bonds. The molecule has 19 heavy (non-hydrogen) atoms. The maximum Gasteiger partial charge on any atom is 0.326 e. The predicted molar refractivity (Wildman–Crippen MR) is 61.7 cm³/mol. The molecule has 2 atom stereocenters. The van der Waals surface area contributed by atoms with Gasteiger partial charge in [-0.2, -0.15) is 0 Å². The van der Waals surface area contributed by atoms with E-state index in [-0.39, 0.29) is 26.1 Å². The van der Waals surface area contributed by atoms with Crippen LogP contribution >= 0.6 is 0 Å². The SMILES string of the molecule is NCc1cn(CC(=O)N2C[C@H](O)C[C@H]2C(=O)O)nn1. The lowest BCUT2D eigenvalue weighted by Crippen LogP contribution is -2.42. The number of aromatic nitrogens is 3. The molecule has 1 saturated heterocycles. The Hall–Kier alpha value is -2.00. The Bertz CT molecular complexity index is 488. The maximum atomic E-state index is 12.0. The number of carbonyl (C=O) groups excluding carboxylic acids is 1. The van der Waals surface area contributed by atoms with Crippen LogP contribution in [-0.4, -0.2) is 60.7 Å². The summed E-state index contributed by atoms with van der Waals surface area (Å²) in [6.07, 6.45) is 0.771. The predicted octanol–water partition coefficient (Wildman–Crippen LogP) is -2.22. The molecule has 104 valence electrons. The quantitative estimate of drug-likeness (QED) is 0.563. The lowest BCUT2D eigenvalue weighted by molar-refractivity contribution is -0.148. The highest BCUT2D eigenvalue weighted by Crippen LogP contribution is 2.18. The summed E-state index contributed by atoms with van der Waals surface area (Å²) in [5.74, 6) is -1.54. The van der Waals surface area contributed by atoms with E-state index in [0.29, 0.717) is 5.69 Å². The number of aliphatic hydroxyl groups excluding tert-OH is 1. The van der Waals surface area contributed by atoms with Crippen molar-refractivity contribution in [3.8, 4) is 0 Å². The normalized spacial score (nSPS) is 22.7. The van der Waals surface area contributed by atoms with E-state index in [9.17, 15) is 14.7 Å². The van der Waals surface area contributed by atoms with Gasteiger partial charge in [-0.25, -0.2) is 9.48 Å². The Balaban J connectivity index is 2.04. The third-order valence-corrected chi connectivity index (χ3v) is 2.98. The molecule has 2 heterocycles. The van der Waals surface area contributed by atoms with E-state index in [0.717, 1.165) is 4.90 Å². The lowest BCUT2D eigenvalue weighted by atomic mass is 10.2. The van der Waals surface area contributed by atoms with Crippen molar-refractivity contribution in [2.24, 2.45) is 5.73 Å². The number of hydrogen-bond acceptors (Lipinski definition) is 6. The first-order chi connectivity index (χ1) is 9.01. The second kappa shape index (κ2) is 5.33. The first kappa shape index (κ1) is 13.4. The molecule has 4 N–H and O–H groups in total. The van der Waals surface area contributed by atoms with E-state index in [4.69, 9.17) is 10.8 Å². The van der Waals surface area contributed by atoms with Crippen LogP contribution in [0.15, 0.2) is 6.20 Å². The number of β-amino-alcohol motifs (C(OH)–C–C–N with tert-alkyl or cyclic N) is 1. The van der Waals surface area contributed by atoms with Crippen molar-refractivity contribution >= 4 is 11.9 Å². The summed E-state index contributed by atoms with van der Waals surface area (Å²) in [5.41, 5.74) is 5.92. The molecule has 0 aromatic carbocycles. The van der Waals surface area contributed by atoms with Gasteiger partial charge in [0.25, 0.3) is 0 Å². The number of amides is 1. The van der Waals surface area contributed by atoms with Crippen molar-refractivity contribution in [1.82, 2.24) is 19.9 Å². The third kappa shape index (κ3) is 2.88. The van der Waals surface area contributed by atoms with Gasteiger partial charge in [-0.15, -0.1) is 5.10 Å². The Morgan fingerprint density at radius 2 is 2.26 bits per heavy atom. The topological polar surface area (TPSA) is 135 Å². The summed E-state index contributed by atoms with van der Waals surface area (Å²) in [4.78, 5) is 24.2. The monoisotopic (exact) mass is 269 g/mol. The van der Waals surface area contributed by atoms with E-state index < -0.39 is 24.0 Å². The molecule has 9 heteroatoms. The van der Waals surface area contributed by atoms with E-state index in [1.54, 1.807) is 0 Å². The minimum absolute atomic E-state index is 0.0221. The number of hydrogen-bond donors (Lipinski definition) is 3. The summed E-state index contributed by atoms with van der Waals surface area (Å²) < 4.78 is 1.30. The highest BCUT2D eigenvalue weighted by molar-refractivity contribution is 5.84. The van der Waals surface area contributed by atoms with Crippen LogP contribution in [0.3, 0.4) is 0 Å². The highest BCUT2D eigenvalue weighted by atomic mass is 16.4. The molecule has 2 rings (SSSR count). The van der Waals surface area contributed by atoms with Crippen LogP contribution in [0.5, 0.6) is 0 Å². The number of likely N-dealkylation sites (tertiary alicyclic amines) is 1. The summed E-state index contributed by atoms with van der Waals surface area (Å²) in [6.45, 7) is 0.117. The lowest BCUT2D eigenvalue weighted by Gasteiger charge is -2.20. The molecule has 0 aliphatic carbocycles. The van der Waals surface area contributed by atoms with Gasteiger partial charge in [0.15, 0.2) is 0 Å². The molecule has 0 saturated carbocycles. The summed E-state index contributed by atoms with van der Waals surface area (Å²) in [5, 5.41) is 25.9. The van der Waals surface area contributed by atoms with Crippen molar-refractivity contribution in [2.45, 2.75) is 31.7 Å². The van der Waals surface area contributed by atoms with Gasteiger partial charge in [-0.05, 0) is 0 Å². The van der Waals surface area contributed by atoms with Crippen LogP contribution in [-0.2, 0) is 22.7 Å². The van der Waals surface area contributed by atoms with Gasteiger partial charge in [-0.1, -0.05) is 5.21 Å². The van der Waals surface area contributed by atoms with Gasteiger partial charge in [0.05, 0.1) is 18.0 Å². The third-order valence-electron chi connectivity index (χ3n) is 2.98. The minimum Gasteiger partial charge on any atom is -0.480 e. The molecule has 1 aliphatic heterocycles. The van der Waals surface area contributed by atoms with Crippen LogP contribution in [0.1, 0.15) is 12.1 Å². The van der Waals surface area contributed by atoms with Gasteiger partial charge < -0.3 is 20.8 Å². The van der Waals surface area contributed by atoms with E-state index in [1.807, 2.05) is 0 Å². The average molecular weight is 269 g/mol. The standard InChI is InChI=1S/C10H15N5O4/c11-2-6-3-14(13-12-6)5-9(17)15-4-7(16)1-8(15)10(18)19/h3,7-8,16H,1-2,4-5,11H2,(H,18,19)/t7-,8+/m1/s1. The zero-order valence-corrected chi connectivity index (χ0v) is 10.1. The molecule has 9 nitrogen and oxygen atoms in total. The molecular weight excluding hydrogens is 254 g/mol. The molecule has 1 fully saturated rings.